The molecule has 0 aliphatic heterocycles. The van der Waals surface area contributed by atoms with Crippen molar-refractivity contribution in [1.29, 1.82) is 0 Å². The van der Waals surface area contributed by atoms with Crippen molar-refractivity contribution in [2.24, 2.45) is 5.92 Å². The van der Waals surface area contributed by atoms with Crippen molar-refractivity contribution in [3.63, 3.8) is 0 Å². The van der Waals surface area contributed by atoms with Gasteiger partial charge in [-0.3, -0.25) is 4.98 Å². The Bertz CT molecular complexity index is 209. The molecule has 0 amide bonds. The molecular weight excluding hydrogens is 180 g/mol. The quantitative estimate of drug-likeness (QED) is 0.710. The lowest BCUT2D eigenvalue weighted by Gasteiger charge is -2.09. The lowest BCUT2D eigenvalue weighted by molar-refractivity contribution is 0.507. The third-order valence-corrected chi connectivity index (χ3v) is 2.90. The molecule has 1 heterocycles. The van der Waals surface area contributed by atoms with Crippen molar-refractivity contribution < 1.29 is 0 Å². The molecule has 1 aromatic heterocycles. The molecule has 1 atom stereocenters. The van der Waals surface area contributed by atoms with E-state index in [-0.39, 0.29) is 0 Å². The van der Waals surface area contributed by atoms with Gasteiger partial charge in [0, 0.05) is 11.1 Å². The highest BCUT2D eigenvalue weighted by Gasteiger charge is 2.03. The van der Waals surface area contributed by atoms with Crippen molar-refractivity contribution in [2.45, 2.75) is 26.7 Å². The molecule has 1 unspecified atom stereocenters. The fourth-order valence-corrected chi connectivity index (χ4v) is 2.07. The van der Waals surface area contributed by atoms with Crippen molar-refractivity contribution in [2.75, 3.05) is 13.1 Å². The van der Waals surface area contributed by atoms with E-state index in [2.05, 4.69) is 24.1 Å². The molecule has 13 heavy (non-hydrogen) atoms. The van der Waals surface area contributed by atoms with Gasteiger partial charge < -0.3 is 5.32 Å². The van der Waals surface area contributed by atoms with Gasteiger partial charge in [-0.2, -0.15) is 0 Å². The van der Waals surface area contributed by atoms with Crippen LogP contribution in [0.2, 0.25) is 0 Å². The number of rotatable bonds is 6. The zero-order valence-corrected chi connectivity index (χ0v) is 9.23. The summed E-state index contributed by atoms with van der Waals surface area (Å²) < 4.78 is 0. The lowest BCUT2D eigenvalue weighted by atomic mass is 10.0. The molecule has 0 saturated heterocycles. The monoisotopic (exact) mass is 198 g/mol. The Morgan fingerprint density at radius 3 is 3.08 bits per heavy atom. The fraction of sp³-hybridized carbons (Fsp3) is 0.700. The van der Waals surface area contributed by atoms with Crippen molar-refractivity contribution in [1.82, 2.24) is 10.3 Å². The first-order valence-corrected chi connectivity index (χ1v) is 5.79. The van der Waals surface area contributed by atoms with E-state index in [0.29, 0.717) is 0 Å². The molecule has 0 aromatic carbocycles. The Morgan fingerprint density at radius 1 is 1.62 bits per heavy atom. The first kappa shape index (κ1) is 10.7. The minimum atomic E-state index is 0.763. The van der Waals surface area contributed by atoms with Crippen LogP contribution in [0.25, 0.3) is 0 Å². The van der Waals surface area contributed by atoms with Gasteiger partial charge in [-0.05, 0) is 31.8 Å². The van der Waals surface area contributed by atoms with E-state index in [1.54, 1.807) is 11.3 Å². The number of nitrogens with one attached hydrogen (secondary N) is 1. The van der Waals surface area contributed by atoms with E-state index in [0.717, 1.165) is 19.0 Å². The smallest absolute Gasteiger partial charge is 0.0794 e. The Balaban J connectivity index is 2.14. The maximum absolute atomic E-state index is 4.07. The van der Waals surface area contributed by atoms with Crippen molar-refractivity contribution in [3.8, 4) is 0 Å². The summed E-state index contributed by atoms with van der Waals surface area (Å²) in [5.74, 6) is 0.763. The maximum Gasteiger partial charge on any atom is 0.0794 e. The number of hydrogen-bond donors (Lipinski definition) is 1. The minimum Gasteiger partial charge on any atom is -0.317 e. The molecule has 1 N–H and O–H groups in total. The van der Waals surface area contributed by atoms with Gasteiger partial charge in [0.05, 0.1) is 5.51 Å². The van der Waals surface area contributed by atoms with Crippen LogP contribution in [-0.4, -0.2) is 18.1 Å². The predicted octanol–water partition coefficient (Wildman–Crippen LogP) is 2.32. The van der Waals surface area contributed by atoms with E-state index in [4.69, 9.17) is 0 Å². The highest BCUT2D eigenvalue weighted by molar-refractivity contribution is 7.09. The van der Waals surface area contributed by atoms with Gasteiger partial charge in [0.25, 0.3) is 0 Å². The topological polar surface area (TPSA) is 24.9 Å². The normalized spacial score (nSPS) is 13.1. The van der Waals surface area contributed by atoms with Gasteiger partial charge in [-0.15, -0.1) is 11.3 Å². The zero-order valence-electron chi connectivity index (χ0n) is 8.42. The standard InChI is InChI=1S/C10H18N2S/c1-3-11-5-4-9(2)6-10-7-12-8-13-10/h7-9,11H,3-6H2,1-2H3. The van der Waals surface area contributed by atoms with Crippen LogP contribution in [-0.2, 0) is 6.42 Å². The molecule has 0 fully saturated rings. The van der Waals surface area contributed by atoms with E-state index >= 15 is 0 Å². The van der Waals surface area contributed by atoms with Crippen LogP contribution < -0.4 is 5.32 Å². The van der Waals surface area contributed by atoms with Gasteiger partial charge in [0.15, 0.2) is 0 Å². The summed E-state index contributed by atoms with van der Waals surface area (Å²) in [4.78, 5) is 5.48. The van der Waals surface area contributed by atoms with E-state index in [9.17, 15) is 0 Å². The first-order chi connectivity index (χ1) is 6.33. The van der Waals surface area contributed by atoms with Crippen LogP contribution in [0.3, 0.4) is 0 Å². The first-order valence-electron chi connectivity index (χ1n) is 4.91. The Morgan fingerprint density at radius 2 is 2.46 bits per heavy atom. The van der Waals surface area contributed by atoms with Crippen LogP contribution in [0, 0.1) is 5.92 Å². The third-order valence-electron chi connectivity index (χ3n) is 2.10. The Hall–Kier alpha value is -0.410. The average Bonchev–Trinajstić information content (AvgIpc) is 2.57. The summed E-state index contributed by atoms with van der Waals surface area (Å²) in [5, 5.41) is 3.35. The van der Waals surface area contributed by atoms with Crippen LogP contribution in [0.5, 0.6) is 0 Å². The fourth-order valence-electron chi connectivity index (χ4n) is 1.31. The molecule has 74 valence electrons. The van der Waals surface area contributed by atoms with Gasteiger partial charge in [0.1, 0.15) is 0 Å². The van der Waals surface area contributed by atoms with Crippen molar-refractivity contribution in [3.05, 3.63) is 16.6 Å². The Kier molecular flexibility index (Phi) is 5.01. The molecule has 0 radical (unpaired) electrons. The number of thiazole rings is 1. The van der Waals surface area contributed by atoms with Crippen LogP contribution >= 0.6 is 11.3 Å². The van der Waals surface area contributed by atoms with E-state index in [1.165, 1.54) is 17.7 Å². The second-order valence-electron chi connectivity index (χ2n) is 3.42. The number of hydrogen-bond acceptors (Lipinski definition) is 3. The lowest BCUT2D eigenvalue weighted by Crippen LogP contribution is -2.17. The molecular formula is C10H18N2S. The largest absolute Gasteiger partial charge is 0.317 e. The molecule has 2 nitrogen and oxygen atoms in total. The summed E-state index contributed by atoms with van der Waals surface area (Å²) >= 11 is 1.76. The summed E-state index contributed by atoms with van der Waals surface area (Å²) in [7, 11) is 0. The molecule has 0 aliphatic rings. The highest BCUT2D eigenvalue weighted by atomic mass is 32.1. The van der Waals surface area contributed by atoms with Crippen LogP contribution in [0.1, 0.15) is 25.1 Å². The van der Waals surface area contributed by atoms with Gasteiger partial charge in [-0.1, -0.05) is 13.8 Å². The van der Waals surface area contributed by atoms with Gasteiger partial charge in [0.2, 0.25) is 0 Å². The average molecular weight is 198 g/mol. The summed E-state index contributed by atoms with van der Waals surface area (Å²) in [6.45, 7) is 6.66. The molecule has 0 aliphatic carbocycles. The Labute approximate surface area is 84.4 Å². The van der Waals surface area contributed by atoms with E-state index < -0.39 is 0 Å². The summed E-state index contributed by atoms with van der Waals surface area (Å²) in [6, 6.07) is 0. The molecule has 0 spiro atoms. The van der Waals surface area contributed by atoms with Crippen LogP contribution in [0.4, 0.5) is 0 Å². The minimum absolute atomic E-state index is 0.763. The molecule has 1 aromatic rings. The second-order valence-corrected chi connectivity index (χ2v) is 4.39. The number of nitrogens with zero attached hydrogens (tertiary/aromatic N) is 1. The van der Waals surface area contributed by atoms with Gasteiger partial charge >= 0.3 is 0 Å². The highest BCUT2D eigenvalue weighted by Crippen LogP contribution is 2.14. The van der Waals surface area contributed by atoms with Gasteiger partial charge in [-0.25, -0.2) is 0 Å². The molecule has 0 bridgehead atoms. The van der Waals surface area contributed by atoms with E-state index in [1.807, 2.05) is 11.7 Å². The second kappa shape index (κ2) is 6.11. The zero-order chi connectivity index (χ0) is 9.52. The molecule has 3 heteroatoms. The molecule has 1 rings (SSSR count). The predicted molar refractivity (Wildman–Crippen MR) is 58.1 cm³/mol. The third kappa shape index (κ3) is 4.39. The molecule has 0 saturated carbocycles. The number of aromatic nitrogens is 1. The summed E-state index contributed by atoms with van der Waals surface area (Å²) in [5.41, 5.74) is 1.91. The van der Waals surface area contributed by atoms with Crippen LogP contribution in [0.15, 0.2) is 11.7 Å². The SMILES string of the molecule is CCNCCC(C)Cc1cncs1. The van der Waals surface area contributed by atoms with Crippen molar-refractivity contribution >= 4 is 11.3 Å². The maximum atomic E-state index is 4.07. The summed E-state index contributed by atoms with van der Waals surface area (Å²) in [6.07, 6.45) is 4.41.